The fourth-order valence-electron chi connectivity index (χ4n) is 3.82. The summed E-state index contributed by atoms with van der Waals surface area (Å²) in [6.45, 7) is 6.44. The van der Waals surface area contributed by atoms with E-state index in [2.05, 4.69) is 32.6 Å². The van der Waals surface area contributed by atoms with Gasteiger partial charge in [-0.25, -0.2) is 9.97 Å². The predicted octanol–water partition coefficient (Wildman–Crippen LogP) is 4.41. The van der Waals surface area contributed by atoms with E-state index in [1.165, 1.54) is 32.4 Å². The smallest absolute Gasteiger partial charge is 0.181 e. The van der Waals surface area contributed by atoms with Crippen LogP contribution in [-0.2, 0) is 0 Å². The lowest BCUT2D eigenvalue weighted by Gasteiger charge is -2.26. The predicted molar refractivity (Wildman–Crippen MR) is 110 cm³/mol. The molecular weight excluding hydrogens is 358 g/mol. The van der Waals surface area contributed by atoms with Gasteiger partial charge in [-0.15, -0.1) is 11.3 Å². The molecule has 0 radical (unpaired) electrons. The molecule has 0 atom stereocenters. The number of piperidine rings is 1. The molecule has 6 nitrogen and oxygen atoms in total. The number of imidazole rings is 1. The molecule has 27 heavy (non-hydrogen) atoms. The van der Waals surface area contributed by atoms with Crippen molar-refractivity contribution >= 4 is 33.1 Å². The first-order chi connectivity index (χ1) is 13.3. The van der Waals surface area contributed by atoms with Gasteiger partial charge < -0.3 is 14.6 Å². The van der Waals surface area contributed by atoms with E-state index in [9.17, 15) is 0 Å². The van der Waals surface area contributed by atoms with Gasteiger partial charge in [-0.05, 0) is 51.1 Å². The molecule has 140 valence electrons. The number of aromatic nitrogens is 3. The van der Waals surface area contributed by atoms with Gasteiger partial charge in [0.2, 0.25) is 0 Å². The lowest BCUT2D eigenvalue weighted by atomic mass is 10.1. The number of hydrogen-bond donors (Lipinski definition) is 1. The van der Waals surface area contributed by atoms with E-state index in [-0.39, 0.29) is 0 Å². The van der Waals surface area contributed by atoms with Gasteiger partial charge in [0.05, 0.1) is 11.1 Å². The summed E-state index contributed by atoms with van der Waals surface area (Å²) in [5, 5.41) is 3.53. The molecule has 7 heteroatoms. The fraction of sp³-hybridized carbons (Fsp3) is 0.400. The third-order valence-electron chi connectivity index (χ3n) is 5.21. The quantitative estimate of drug-likeness (QED) is 0.555. The van der Waals surface area contributed by atoms with E-state index in [4.69, 9.17) is 9.40 Å². The second kappa shape index (κ2) is 6.98. The van der Waals surface area contributed by atoms with Crippen LogP contribution in [0.15, 0.2) is 35.1 Å². The average molecular weight is 382 g/mol. The highest BCUT2D eigenvalue weighted by Crippen LogP contribution is 2.35. The molecule has 1 fully saturated rings. The van der Waals surface area contributed by atoms with Gasteiger partial charge in [-0.3, -0.25) is 4.40 Å². The van der Waals surface area contributed by atoms with E-state index >= 15 is 0 Å². The van der Waals surface area contributed by atoms with Crippen molar-refractivity contribution in [2.45, 2.75) is 26.2 Å². The molecule has 1 aliphatic rings. The molecule has 5 heterocycles. The lowest BCUT2D eigenvalue weighted by Crippen LogP contribution is -2.33. The summed E-state index contributed by atoms with van der Waals surface area (Å²) in [4.78, 5) is 14.2. The van der Waals surface area contributed by atoms with E-state index in [0.717, 1.165) is 51.2 Å². The molecule has 4 aromatic heterocycles. The minimum atomic E-state index is 0.858. The number of anilines is 1. The largest absolute Gasteiger partial charge is 0.464 e. The Morgan fingerprint density at radius 1 is 1.26 bits per heavy atom. The number of thiophene rings is 1. The van der Waals surface area contributed by atoms with Crippen molar-refractivity contribution in [3.8, 4) is 10.6 Å². The van der Waals surface area contributed by atoms with Crippen LogP contribution in [0.5, 0.6) is 0 Å². The molecule has 0 bridgehead atoms. The zero-order valence-corrected chi connectivity index (χ0v) is 16.3. The number of furan rings is 1. The standard InChI is InChI=1S/C20H23N5OS/c1-14-13-22-19-18(21-7-10-24-8-3-2-4-9-24)23-15-12-17(16-6-5-11-26-16)27-20(15)25(14)19/h5-6,11-13H,2-4,7-10H2,1H3,(H,21,23). The highest BCUT2D eigenvalue weighted by molar-refractivity contribution is 7.21. The van der Waals surface area contributed by atoms with Crippen LogP contribution in [0.2, 0.25) is 0 Å². The molecule has 0 aromatic carbocycles. The Balaban J connectivity index is 1.47. The van der Waals surface area contributed by atoms with Gasteiger partial charge >= 0.3 is 0 Å². The Morgan fingerprint density at radius 3 is 2.96 bits per heavy atom. The van der Waals surface area contributed by atoms with Crippen LogP contribution in [0.3, 0.4) is 0 Å². The van der Waals surface area contributed by atoms with Crippen LogP contribution >= 0.6 is 11.3 Å². The zero-order chi connectivity index (χ0) is 18.2. The summed E-state index contributed by atoms with van der Waals surface area (Å²) < 4.78 is 7.77. The fourth-order valence-corrected chi connectivity index (χ4v) is 4.94. The number of fused-ring (bicyclic) bond motifs is 3. The van der Waals surface area contributed by atoms with Crippen LogP contribution in [0.25, 0.3) is 26.6 Å². The van der Waals surface area contributed by atoms with Crippen molar-refractivity contribution in [1.82, 2.24) is 19.3 Å². The number of rotatable bonds is 5. The Kier molecular flexibility index (Phi) is 4.33. The van der Waals surface area contributed by atoms with Gasteiger partial charge in [0.25, 0.3) is 0 Å². The normalized spacial score (nSPS) is 15.7. The second-order valence-corrected chi connectivity index (χ2v) is 8.16. The van der Waals surface area contributed by atoms with E-state index in [1.807, 2.05) is 18.3 Å². The lowest BCUT2D eigenvalue weighted by molar-refractivity contribution is 0.237. The van der Waals surface area contributed by atoms with Crippen molar-refractivity contribution in [2.24, 2.45) is 0 Å². The summed E-state index contributed by atoms with van der Waals surface area (Å²) in [5.74, 6) is 1.74. The molecule has 0 spiro atoms. The van der Waals surface area contributed by atoms with Gasteiger partial charge in [0.15, 0.2) is 11.5 Å². The van der Waals surface area contributed by atoms with Crippen molar-refractivity contribution < 1.29 is 4.42 Å². The monoisotopic (exact) mass is 381 g/mol. The summed E-state index contributed by atoms with van der Waals surface area (Å²) in [5.41, 5.74) is 2.98. The van der Waals surface area contributed by atoms with Crippen LogP contribution in [-0.4, -0.2) is 45.4 Å². The Morgan fingerprint density at radius 2 is 2.15 bits per heavy atom. The molecule has 0 aliphatic carbocycles. The molecule has 4 aromatic rings. The Labute approximate surface area is 161 Å². The van der Waals surface area contributed by atoms with E-state index < -0.39 is 0 Å². The maximum Gasteiger partial charge on any atom is 0.181 e. The van der Waals surface area contributed by atoms with Crippen LogP contribution in [0, 0.1) is 6.92 Å². The molecule has 0 amide bonds. The van der Waals surface area contributed by atoms with Crippen molar-refractivity contribution in [3.05, 3.63) is 36.4 Å². The molecule has 0 unspecified atom stereocenters. The molecule has 5 rings (SSSR count). The Bertz CT molecular complexity index is 1060. The van der Waals surface area contributed by atoms with Crippen molar-refractivity contribution in [3.63, 3.8) is 0 Å². The number of nitrogens with one attached hydrogen (secondary N) is 1. The molecule has 1 saturated heterocycles. The van der Waals surface area contributed by atoms with Crippen molar-refractivity contribution in [2.75, 3.05) is 31.5 Å². The number of likely N-dealkylation sites (tertiary alicyclic amines) is 1. The zero-order valence-electron chi connectivity index (χ0n) is 15.4. The third-order valence-corrected chi connectivity index (χ3v) is 6.34. The van der Waals surface area contributed by atoms with Gasteiger partial charge in [-0.1, -0.05) is 6.42 Å². The van der Waals surface area contributed by atoms with Crippen LogP contribution < -0.4 is 5.32 Å². The maximum atomic E-state index is 5.57. The SMILES string of the molecule is Cc1cnc2c(NCCN3CCCCC3)nc3cc(-c4ccco4)sc3n12. The summed E-state index contributed by atoms with van der Waals surface area (Å²) in [6, 6.07) is 6.01. The van der Waals surface area contributed by atoms with Crippen molar-refractivity contribution in [1.29, 1.82) is 0 Å². The minimum absolute atomic E-state index is 0.858. The van der Waals surface area contributed by atoms with Gasteiger partial charge in [0.1, 0.15) is 16.1 Å². The average Bonchev–Trinajstić information content (AvgIpc) is 3.41. The topological polar surface area (TPSA) is 58.6 Å². The molecule has 1 aliphatic heterocycles. The van der Waals surface area contributed by atoms with Gasteiger partial charge in [-0.2, -0.15) is 0 Å². The van der Waals surface area contributed by atoms with E-state index in [1.54, 1.807) is 17.6 Å². The summed E-state index contributed by atoms with van der Waals surface area (Å²) in [6.07, 6.45) is 7.63. The minimum Gasteiger partial charge on any atom is -0.464 e. The number of aryl methyl sites for hydroxylation is 1. The van der Waals surface area contributed by atoms with Crippen LogP contribution in [0.4, 0.5) is 5.82 Å². The molecular formula is C20H23N5OS. The first-order valence-electron chi connectivity index (χ1n) is 9.57. The summed E-state index contributed by atoms with van der Waals surface area (Å²) >= 11 is 1.69. The molecule has 1 N–H and O–H groups in total. The number of nitrogens with zero attached hydrogens (tertiary/aromatic N) is 4. The first-order valence-corrected chi connectivity index (χ1v) is 10.4. The number of hydrogen-bond acceptors (Lipinski definition) is 6. The van der Waals surface area contributed by atoms with Gasteiger partial charge in [0, 0.05) is 25.0 Å². The van der Waals surface area contributed by atoms with E-state index in [0.29, 0.717) is 0 Å². The highest BCUT2D eigenvalue weighted by atomic mass is 32.1. The summed E-state index contributed by atoms with van der Waals surface area (Å²) in [7, 11) is 0. The highest BCUT2D eigenvalue weighted by Gasteiger charge is 2.16. The third kappa shape index (κ3) is 3.11. The van der Waals surface area contributed by atoms with Crippen LogP contribution in [0.1, 0.15) is 25.0 Å². The molecule has 0 saturated carbocycles. The Hall–Kier alpha value is -2.38. The second-order valence-electron chi connectivity index (χ2n) is 7.13. The first kappa shape index (κ1) is 16.8. The maximum absolute atomic E-state index is 5.57.